The van der Waals surface area contributed by atoms with Crippen molar-refractivity contribution in [2.24, 2.45) is 5.92 Å². The van der Waals surface area contributed by atoms with Crippen molar-refractivity contribution in [3.05, 3.63) is 110 Å². The molecular weight excluding hydrogens is 886 g/mol. The van der Waals surface area contributed by atoms with Gasteiger partial charge in [0.1, 0.15) is 0 Å². The topological polar surface area (TPSA) is 288 Å². The molecule has 0 aliphatic rings. The van der Waals surface area contributed by atoms with Crippen molar-refractivity contribution in [2.45, 2.75) is 180 Å². The Labute approximate surface area is 403 Å². The van der Waals surface area contributed by atoms with E-state index in [0.717, 1.165) is 77.2 Å². The average molecular weight is 973 g/mol. The van der Waals surface area contributed by atoms with Gasteiger partial charge in [0.15, 0.2) is 0 Å². The van der Waals surface area contributed by atoms with Gasteiger partial charge in [0, 0.05) is 5.97 Å². The molecule has 0 aliphatic carbocycles. The average Bonchev–Trinajstić information content (AvgIpc) is 3.25. The van der Waals surface area contributed by atoms with E-state index in [4.69, 9.17) is 15.9 Å². The Kier molecular flexibility index (Phi) is 57.9. The number of quaternary nitrogens is 1. The van der Waals surface area contributed by atoms with Crippen LogP contribution in [0.1, 0.15) is 137 Å². The fraction of sp³-hybridized carbons (Fsp3) is 0.600. The quantitative estimate of drug-likeness (QED) is 0.0152. The minimum atomic E-state index is -1.16. The summed E-state index contributed by atoms with van der Waals surface area (Å²) < 4.78 is 0. The summed E-state index contributed by atoms with van der Waals surface area (Å²) in [7, 11) is 0. The number of carbonyl (C=O) groups is 3. The molecule has 0 spiro atoms. The molecule has 65 heavy (non-hydrogen) atoms. The van der Waals surface area contributed by atoms with Gasteiger partial charge in [-0.15, -0.1) is 0 Å². The summed E-state index contributed by atoms with van der Waals surface area (Å²) in [5.74, 6) is -3.47. The van der Waals surface area contributed by atoms with E-state index in [9.17, 15) is 50.1 Å². The van der Waals surface area contributed by atoms with E-state index in [1.165, 1.54) is 19.4 Å². The molecule has 0 aliphatic heterocycles. The fourth-order valence-corrected chi connectivity index (χ4v) is 4.81. The Morgan fingerprint density at radius 1 is 0.538 bits per heavy atom. The van der Waals surface area contributed by atoms with Gasteiger partial charge in [-0.05, 0) is 57.4 Å². The van der Waals surface area contributed by atoms with E-state index in [2.05, 4.69) is 33.4 Å². The van der Waals surface area contributed by atoms with Crippen LogP contribution in [-0.4, -0.2) is 108 Å². The smallest absolute Gasteiger partial charge is 0.666 e. The molecule has 0 aromatic carbocycles. The third-order valence-corrected chi connectivity index (χ3v) is 8.90. The van der Waals surface area contributed by atoms with Crippen LogP contribution in [0.5, 0.6) is 0 Å². The molecule has 0 heterocycles. The number of carbonyl (C=O) groups excluding carboxylic acids is 1. The number of rotatable bonds is 33. The van der Waals surface area contributed by atoms with Gasteiger partial charge in [0.25, 0.3) is 11.9 Å². The van der Waals surface area contributed by atoms with Crippen LogP contribution in [0.2, 0.25) is 0 Å². The van der Waals surface area contributed by atoms with Crippen LogP contribution in [0.4, 0.5) is 0 Å². The molecule has 0 aromatic heterocycles. The van der Waals surface area contributed by atoms with Crippen molar-refractivity contribution < 1.29 is 85.6 Å². The van der Waals surface area contributed by atoms with Gasteiger partial charge in [-0.1, -0.05) is 189 Å². The summed E-state index contributed by atoms with van der Waals surface area (Å²) in [5, 5.41) is 84.6. The van der Waals surface area contributed by atoms with E-state index in [1.54, 1.807) is 66.8 Å². The second-order valence-corrected chi connectivity index (χ2v) is 15.2. The molecule has 0 amide bonds. The molecule has 0 unspecified atom stereocenters. The molecule has 0 saturated carbocycles. The summed E-state index contributed by atoms with van der Waals surface area (Å²) in [6.07, 6.45) is 37.5. The van der Waals surface area contributed by atoms with Crippen LogP contribution in [0.15, 0.2) is 97.2 Å². The molecule has 370 valence electrons. The first kappa shape index (κ1) is 70.6. The molecule has 14 nitrogen and oxygen atoms in total. The number of carboxylic acid groups (broad SMARTS) is 3. The number of aliphatic hydroxyl groups excluding tert-OH is 6. The number of carboxylic acids is 3. The Balaban J connectivity index is -0.000000274. The van der Waals surface area contributed by atoms with Crippen LogP contribution < -0.4 is 10.8 Å². The zero-order valence-electron chi connectivity index (χ0n) is 39.9. The van der Waals surface area contributed by atoms with E-state index in [0.29, 0.717) is 12.8 Å². The number of allylic oxidation sites excluding steroid dienone is 12. The molecule has 0 bridgehead atoms. The molecule has 0 radical (unpaired) electrons. The molecule has 0 aromatic rings. The van der Waals surface area contributed by atoms with E-state index < -0.39 is 60.4 Å². The Hall–Kier alpha value is -3.37. The summed E-state index contributed by atoms with van der Waals surface area (Å²) in [6, 6.07) is -0.981. The number of aliphatic hydroxyl groups is 6. The predicted octanol–water partition coefficient (Wildman–Crippen LogP) is 6.30. The SMILES string of the molecule is CCCCC[C@@H](O)/C=C/C=C\C=C\C=C\[C@@H](O)[C@@H](O)CCCC.CCCCC[C@@H](O)/C=C/C=C\C=C\C=C\[C@@H](O)[C@@H](O)CCCC(=O)[O-].C[C@H]([NH-])C(=O)O.[CH2-][C@@H](CCCC[NH3+])C(=O)O.[Zn+2]. The van der Waals surface area contributed by atoms with E-state index in [1.807, 2.05) is 24.3 Å². The van der Waals surface area contributed by atoms with Gasteiger partial charge >= 0.3 is 19.5 Å². The molecule has 0 saturated heterocycles. The van der Waals surface area contributed by atoms with Crippen molar-refractivity contribution in [3.63, 3.8) is 0 Å². The van der Waals surface area contributed by atoms with Gasteiger partial charge in [-0.25, -0.2) is 0 Å². The van der Waals surface area contributed by atoms with E-state index >= 15 is 0 Å². The maximum Gasteiger partial charge on any atom is 2.00 e. The molecule has 0 fully saturated rings. The second-order valence-electron chi connectivity index (χ2n) is 15.2. The number of aliphatic carboxylic acids is 3. The number of unbranched alkanes of at least 4 members (excludes halogenated alkanes) is 6. The third kappa shape index (κ3) is 58.6. The van der Waals surface area contributed by atoms with Crippen molar-refractivity contribution in [1.29, 1.82) is 0 Å². The second kappa shape index (κ2) is 53.3. The van der Waals surface area contributed by atoms with Gasteiger partial charge in [0.05, 0.1) is 43.2 Å². The molecule has 0 rings (SSSR count). The number of nitrogens with one attached hydrogen (secondary N) is 1. The van der Waals surface area contributed by atoms with Gasteiger partial charge < -0.3 is 69.1 Å². The molecular formula is C50H86N2O12Zn. The maximum absolute atomic E-state index is 10.3. The zero-order valence-corrected chi connectivity index (χ0v) is 42.9. The van der Waals surface area contributed by atoms with Crippen LogP contribution in [0, 0.1) is 12.8 Å². The molecule has 8 atom stereocenters. The Morgan fingerprint density at radius 2 is 0.877 bits per heavy atom. The number of hydrogen-bond donors (Lipinski definition) is 9. The van der Waals surface area contributed by atoms with Crippen molar-refractivity contribution in [2.75, 3.05) is 6.54 Å². The van der Waals surface area contributed by atoms with Crippen LogP contribution >= 0.6 is 0 Å². The third-order valence-electron chi connectivity index (χ3n) is 8.90. The largest absolute Gasteiger partial charge is 2.00 e. The van der Waals surface area contributed by atoms with E-state index in [-0.39, 0.29) is 44.8 Å². The van der Waals surface area contributed by atoms with Crippen molar-refractivity contribution in [3.8, 4) is 0 Å². The maximum atomic E-state index is 10.3. The zero-order chi connectivity index (χ0) is 49.4. The monoisotopic (exact) mass is 971 g/mol. The summed E-state index contributed by atoms with van der Waals surface area (Å²) in [5.41, 5.74) is 10.1. The Morgan fingerprint density at radius 3 is 1.20 bits per heavy atom. The van der Waals surface area contributed by atoms with Gasteiger partial charge in [-0.3, -0.25) is 9.59 Å². The molecule has 15 heteroatoms. The minimum Gasteiger partial charge on any atom is -0.666 e. The Bertz CT molecular complexity index is 1350. The first-order valence-electron chi connectivity index (χ1n) is 22.8. The first-order chi connectivity index (χ1) is 30.4. The summed E-state index contributed by atoms with van der Waals surface area (Å²) >= 11 is 0. The number of hydrogen-bond acceptors (Lipinski definition) is 10. The van der Waals surface area contributed by atoms with Crippen molar-refractivity contribution in [1.82, 2.24) is 0 Å². The van der Waals surface area contributed by atoms with Gasteiger partial charge in [-0.2, -0.15) is 0 Å². The summed E-state index contributed by atoms with van der Waals surface area (Å²) in [4.78, 5) is 30.0. The van der Waals surface area contributed by atoms with Crippen LogP contribution in [-0.2, 0) is 33.9 Å². The van der Waals surface area contributed by atoms with Crippen LogP contribution in [0.3, 0.4) is 0 Å². The normalized spacial score (nSPS) is 15.5. The van der Waals surface area contributed by atoms with Gasteiger partial charge in [0.2, 0.25) is 0 Å². The minimum absolute atomic E-state index is 0. The fourth-order valence-electron chi connectivity index (χ4n) is 4.81. The summed E-state index contributed by atoms with van der Waals surface area (Å²) in [6.45, 7) is 12.0. The predicted molar refractivity (Wildman–Crippen MR) is 255 cm³/mol. The molecule has 12 N–H and O–H groups in total. The van der Waals surface area contributed by atoms with Crippen LogP contribution in [0.25, 0.3) is 5.73 Å². The standard InChI is InChI=1S/C20H32O5.C20H34O3.C7H14NO2.C3H6NO2.Zn/c1-2-3-8-12-17(21)13-9-6-4-5-7-10-14-18(22)19(23)15-11-16-20(24)25;1-3-5-11-14-18(21)15-12-9-7-8-10-13-17-20(23)19(22)16-6-4-2;1-6(7(9)10)4-2-3-5-8;1-2(4)3(5)6;/h4-7,9-10,13-14,17-19,21-23H,2-3,8,11-12,15-16H2,1H3,(H,24,25);7-10,12-13,15,17-23H,3-6,11,14,16H2,1-2H3;6H,1-5,8H2,(H,9,10);2,4H,1H3,(H,5,6);/q;;2*-1;+2/b6-4-,7-5+,13-9+,14-10+;9-7-,10-8+,15-12+,17-13+;;;/t17-,18-,19+;18-,19+,20-;6-;2-;/m1100./s1. The van der Waals surface area contributed by atoms with Crippen molar-refractivity contribution >= 4 is 17.9 Å². The first-order valence-corrected chi connectivity index (χ1v) is 22.8.